The highest BCUT2D eigenvalue weighted by Crippen LogP contribution is 2.27. The quantitative estimate of drug-likeness (QED) is 0.572. The first-order valence-electron chi connectivity index (χ1n) is 5.12. The van der Waals surface area contributed by atoms with Crippen LogP contribution < -0.4 is 0 Å². The second kappa shape index (κ2) is 4.26. The summed E-state index contributed by atoms with van der Waals surface area (Å²) in [5, 5.41) is 0. The molecule has 1 aliphatic rings. The average Bonchev–Trinajstić information content (AvgIpc) is 2.60. The van der Waals surface area contributed by atoms with Gasteiger partial charge in [-0.15, -0.1) is 0 Å². The Morgan fingerprint density at radius 2 is 2.12 bits per heavy atom. The first kappa shape index (κ1) is 11.2. The Kier molecular flexibility index (Phi) is 2.80. The van der Waals surface area contributed by atoms with E-state index in [1.165, 1.54) is 0 Å². The molecule has 0 saturated heterocycles. The Bertz CT molecular complexity index is 573. The Balaban J connectivity index is 2.51. The van der Waals surface area contributed by atoms with E-state index >= 15 is 0 Å². The third-order valence-electron chi connectivity index (χ3n) is 2.58. The zero-order valence-corrected chi connectivity index (χ0v) is 9.32. The number of fused-ring (bicyclic) bond motifs is 1. The first-order chi connectivity index (χ1) is 8.20. The zero-order valence-electron chi connectivity index (χ0n) is 9.32. The highest BCUT2D eigenvalue weighted by molar-refractivity contribution is 6.29. The number of ketones is 2. The van der Waals surface area contributed by atoms with Crippen LogP contribution in [0.2, 0.25) is 0 Å². The third kappa shape index (κ3) is 1.64. The van der Waals surface area contributed by atoms with Gasteiger partial charge in [0.15, 0.2) is 0 Å². The van der Waals surface area contributed by atoms with Crippen LogP contribution in [0, 0.1) is 12.0 Å². The lowest BCUT2D eigenvalue weighted by molar-refractivity contribution is 0.0659. The fraction of sp³-hybridized carbons (Fsp3) is 0.143. The maximum absolute atomic E-state index is 12.0. The number of hydrogen-bond donors (Lipinski definition) is 0. The summed E-state index contributed by atoms with van der Waals surface area (Å²) in [6.07, 6.45) is 2.73. The van der Waals surface area contributed by atoms with E-state index in [0.717, 1.165) is 0 Å². The van der Waals surface area contributed by atoms with Gasteiger partial charge in [-0.1, -0.05) is 36.8 Å². The SMILES string of the molecule is C=Cc1cccc2c1C(=O)C(OC#CC)C2=O. The van der Waals surface area contributed by atoms with E-state index in [1.807, 2.05) is 0 Å². The van der Waals surface area contributed by atoms with Gasteiger partial charge in [0.05, 0.1) is 0 Å². The standard InChI is InChI=1S/C14H10O3/c1-3-8-17-14-12(15)10-7-5-6-9(4-2)11(10)13(14)16/h4-7,14H,2H2,1H3. The second-order valence-electron chi connectivity index (χ2n) is 3.55. The van der Waals surface area contributed by atoms with Crippen LogP contribution in [-0.4, -0.2) is 17.7 Å². The minimum atomic E-state index is -1.13. The lowest BCUT2D eigenvalue weighted by atomic mass is 10.0. The summed E-state index contributed by atoms with van der Waals surface area (Å²) in [5.74, 6) is 1.81. The van der Waals surface area contributed by atoms with Gasteiger partial charge in [0.25, 0.3) is 0 Å². The van der Waals surface area contributed by atoms with Gasteiger partial charge < -0.3 is 4.74 Å². The average molecular weight is 226 g/mol. The molecule has 1 aliphatic carbocycles. The molecule has 17 heavy (non-hydrogen) atoms. The van der Waals surface area contributed by atoms with Crippen LogP contribution in [0.25, 0.3) is 6.08 Å². The molecular weight excluding hydrogens is 216 g/mol. The molecule has 2 rings (SSSR count). The van der Waals surface area contributed by atoms with E-state index in [0.29, 0.717) is 16.7 Å². The van der Waals surface area contributed by atoms with Crippen molar-refractivity contribution in [2.45, 2.75) is 13.0 Å². The van der Waals surface area contributed by atoms with Gasteiger partial charge >= 0.3 is 0 Å². The maximum atomic E-state index is 12.0. The number of Topliss-reactive ketones (excluding diaryl/α,β-unsaturated/α-hetero) is 2. The zero-order chi connectivity index (χ0) is 12.4. The summed E-state index contributed by atoms with van der Waals surface area (Å²) in [4.78, 5) is 24.0. The number of carbonyl (C=O) groups is 2. The van der Waals surface area contributed by atoms with Crippen LogP contribution in [0.5, 0.6) is 0 Å². The lowest BCUT2D eigenvalue weighted by Crippen LogP contribution is -2.23. The Morgan fingerprint density at radius 1 is 1.35 bits per heavy atom. The summed E-state index contributed by atoms with van der Waals surface area (Å²) in [6.45, 7) is 5.20. The van der Waals surface area contributed by atoms with E-state index in [9.17, 15) is 9.59 Å². The first-order valence-corrected chi connectivity index (χ1v) is 5.12. The lowest BCUT2D eigenvalue weighted by Gasteiger charge is -2.02. The second-order valence-corrected chi connectivity index (χ2v) is 3.55. The van der Waals surface area contributed by atoms with Gasteiger partial charge in [-0.3, -0.25) is 9.59 Å². The predicted octanol–water partition coefficient (Wildman–Crippen LogP) is 2.07. The fourth-order valence-electron chi connectivity index (χ4n) is 1.84. The molecule has 0 aromatic heterocycles. The van der Waals surface area contributed by atoms with Gasteiger partial charge in [-0.25, -0.2) is 0 Å². The molecule has 0 fully saturated rings. The minimum Gasteiger partial charge on any atom is -0.426 e. The summed E-state index contributed by atoms with van der Waals surface area (Å²) in [6, 6.07) is 5.07. The van der Waals surface area contributed by atoms with Crippen molar-refractivity contribution in [1.82, 2.24) is 0 Å². The monoisotopic (exact) mass is 226 g/mol. The van der Waals surface area contributed by atoms with Crippen molar-refractivity contribution in [2.75, 3.05) is 0 Å². The van der Waals surface area contributed by atoms with E-state index in [1.54, 1.807) is 31.2 Å². The van der Waals surface area contributed by atoms with Gasteiger partial charge in [-0.2, -0.15) is 0 Å². The van der Waals surface area contributed by atoms with E-state index in [-0.39, 0.29) is 11.6 Å². The molecule has 1 aromatic rings. The van der Waals surface area contributed by atoms with Crippen LogP contribution in [0.3, 0.4) is 0 Å². The van der Waals surface area contributed by atoms with E-state index in [4.69, 9.17) is 4.74 Å². The number of benzene rings is 1. The van der Waals surface area contributed by atoms with Crippen molar-refractivity contribution >= 4 is 17.6 Å². The van der Waals surface area contributed by atoms with Crippen molar-refractivity contribution in [3.05, 3.63) is 41.5 Å². The van der Waals surface area contributed by atoms with Gasteiger partial charge in [-0.05, 0) is 5.56 Å². The highest BCUT2D eigenvalue weighted by Gasteiger charge is 2.41. The number of ether oxygens (including phenoxy) is 1. The molecule has 1 aromatic carbocycles. The van der Waals surface area contributed by atoms with E-state index in [2.05, 4.69) is 18.6 Å². The normalized spacial score (nSPS) is 17.1. The van der Waals surface area contributed by atoms with E-state index < -0.39 is 6.10 Å². The molecule has 3 nitrogen and oxygen atoms in total. The molecule has 1 atom stereocenters. The van der Waals surface area contributed by atoms with Crippen molar-refractivity contribution in [3.63, 3.8) is 0 Å². The molecular formula is C14H10O3. The van der Waals surface area contributed by atoms with Crippen molar-refractivity contribution in [3.8, 4) is 12.0 Å². The molecule has 0 heterocycles. The molecule has 3 heteroatoms. The Labute approximate surface area is 99.1 Å². The molecule has 0 spiro atoms. The smallest absolute Gasteiger partial charge is 0.235 e. The Hall–Kier alpha value is -2.34. The summed E-state index contributed by atoms with van der Waals surface area (Å²) >= 11 is 0. The molecule has 0 N–H and O–H groups in total. The number of hydrogen-bond acceptors (Lipinski definition) is 3. The van der Waals surface area contributed by atoms with Crippen molar-refractivity contribution in [2.24, 2.45) is 0 Å². The van der Waals surface area contributed by atoms with Crippen LogP contribution in [-0.2, 0) is 4.74 Å². The fourth-order valence-corrected chi connectivity index (χ4v) is 1.84. The number of carbonyl (C=O) groups excluding carboxylic acids is 2. The van der Waals surface area contributed by atoms with Crippen molar-refractivity contribution in [1.29, 1.82) is 0 Å². The molecule has 0 aliphatic heterocycles. The number of rotatable bonds is 2. The van der Waals surface area contributed by atoms with Crippen LogP contribution in [0.1, 0.15) is 33.2 Å². The Morgan fingerprint density at radius 3 is 2.76 bits per heavy atom. The van der Waals surface area contributed by atoms with Gasteiger partial charge in [0, 0.05) is 18.1 Å². The van der Waals surface area contributed by atoms with Crippen LogP contribution in [0.4, 0.5) is 0 Å². The topological polar surface area (TPSA) is 43.4 Å². The molecule has 1 unspecified atom stereocenters. The molecule has 84 valence electrons. The maximum Gasteiger partial charge on any atom is 0.235 e. The van der Waals surface area contributed by atoms with Crippen molar-refractivity contribution < 1.29 is 14.3 Å². The minimum absolute atomic E-state index is 0.337. The highest BCUT2D eigenvalue weighted by atomic mass is 16.5. The molecule has 0 bridgehead atoms. The summed E-state index contributed by atoms with van der Waals surface area (Å²) in [7, 11) is 0. The molecule has 0 radical (unpaired) electrons. The summed E-state index contributed by atoms with van der Waals surface area (Å²) < 4.78 is 4.96. The largest absolute Gasteiger partial charge is 0.426 e. The van der Waals surface area contributed by atoms with Crippen LogP contribution in [0.15, 0.2) is 24.8 Å². The molecule has 0 saturated carbocycles. The van der Waals surface area contributed by atoms with Gasteiger partial charge in [0.1, 0.15) is 6.11 Å². The predicted molar refractivity (Wildman–Crippen MR) is 63.5 cm³/mol. The summed E-state index contributed by atoms with van der Waals surface area (Å²) in [5.41, 5.74) is 1.42. The third-order valence-corrected chi connectivity index (χ3v) is 2.58. The molecule has 0 amide bonds. The van der Waals surface area contributed by atoms with Gasteiger partial charge in [0.2, 0.25) is 17.7 Å². The van der Waals surface area contributed by atoms with Crippen LogP contribution >= 0.6 is 0 Å².